The molecule has 0 saturated heterocycles. The number of aromatic nitrogens is 2. The number of benzene rings is 2. The highest BCUT2D eigenvalue weighted by Crippen LogP contribution is 2.47. The molecule has 8 amide bonds. The summed E-state index contributed by atoms with van der Waals surface area (Å²) in [5.41, 5.74) is 5.39. The highest BCUT2D eigenvalue weighted by atomic mass is 19.1. The van der Waals surface area contributed by atoms with E-state index in [-0.39, 0.29) is 37.0 Å². The number of carbonyl (C=O) groups excluding carboxylic acids is 9. The van der Waals surface area contributed by atoms with E-state index in [4.69, 9.17) is 19.6 Å². The molecule has 2 aromatic carbocycles. The molecule has 0 bridgehead atoms. The second kappa shape index (κ2) is 24.3. The summed E-state index contributed by atoms with van der Waals surface area (Å²) in [6.07, 6.45) is 4.27. The van der Waals surface area contributed by atoms with Crippen molar-refractivity contribution in [3.8, 4) is 11.4 Å². The number of carbonyl (C=O) groups is 10. The zero-order chi connectivity index (χ0) is 57.8. The minimum atomic E-state index is -1.50. The summed E-state index contributed by atoms with van der Waals surface area (Å²) in [5.74, 6) is -8.58. The fourth-order valence-corrected chi connectivity index (χ4v) is 11.0. The summed E-state index contributed by atoms with van der Waals surface area (Å²) in [4.78, 5) is 150. The minimum Gasteiger partial charge on any atom is -0.480 e. The number of aryl methyl sites for hydroxylation is 1. The fraction of sp³-hybridized carbons (Fsp3) is 0.429. The van der Waals surface area contributed by atoms with Crippen molar-refractivity contribution in [3.05, 3.63) is 110 Å². The van der Waals surface area contributed by atoms with Gasteiger partial charge in [-0.1, -0.05) is 50.1 Å². The molecular formula is C56H61FN10O14. The fourth-order valence-electron chi connectivity index (χ4n) is 11.0. The molecule has 5 aliphatic rings. The molecule has 9 rings (SSSR count). The van der Waals surface area contributed by atoms with Crippen LogP contribution in [0, 0.1) is 18.7 Å². The number of cyclic esters (lactones) is 1. The van der Waals surface area contributed by atoms with Gasteiger partial charge in [0.25, 0.3) is 23.3 Å². The van der Waals surface area contributed by atoms with Crippen LogP contribution < -0.4 is 37.5 Å². The number of fused-ring (bicyclic) bond motifs is 5. The van der Waals surface area contributed by atoms with Crippen molar-refractivity contribution < 1.29 is 66.9 Å². The zero-order valence-corrected chi connectivity index (χ0v) is 44.7. The third-order valence-corrected chi connectivity index (χ3v) is 15.4. The van der Waals surface area contributed by atoms with E-state index in [9.17, 15) is 52.7 Å². The molecular weight excluding hydrogens is 1060 g/mol. The van der Waals surface area contributed by atoms with Gasteiger partial charge in [-0.15, -0.1) is 0 Å². The van der Waals surface area contributed by atoms with Crippen LogP contribution in [0.25, 0.3) is 22.3 Å². The van der Waals surface area contributed by atoms with Crippen LogP contribution in [0.1, 0.15) is 89.9 Å². The number of nitrogens with one attached hydrogen (secondary N) is 6. The molecule has 5 heterocycles. The van der Waals surface area contributed by atoms with Crippen molar-refractivity contribution in [2.24, 2.45) is 5.92 Å². The number of ether oxygens (including phenoxy) is 2. The highest BCUT2D eigenvalue weighted by molar-refractivity contribution is 6.15. The van der Waals surface area contributed by atoms with Gasteiger partial charge in [-0.25, -0.2) is 9.37 Å². The molecule has 1 saturated carbocycles. The van der Waals surface area contributed by atoms with Gasteiger partial charge in [0.2, 0.25) is 29.5 Å². The third-order valence-electron chi connectivity index (χ3n) is 15.4. The maximum Gasteiger partial charge on any atom is 0.317 e. The quantitative estimate of drug-likeness (QED) is 0.0246. The minimum absolute atomic E-state index is 0.0209. The second-order valence-electron chi connectivity index (χ2n) is 20.7. The monoisotopic (exact) mass is 1120 g/mol. The van der Waals surface area contributed by atoms with Gasteiger partial charge in [0.1, 0.15) is 37.3 Å². The number of aliphatic carboxylic acids is 1. The molecule has 1 fully saturated rings. The topological polar surface area (TPSA) is 323 Å². The number of carboxylic acid groups (broad SMARTS) is 1. The van der Waals surface area contributed by atoms with Crippen LogP contribution in [0.5, 0.6) is 0 Å². The number of halogens is 1. The number of hydrogen-bond acceptors (Lipinski definition) is 15. The molecule has 5 atom stereocenters. The Hall–Kier alpha value is -8.71. The summed E-state index contributed by atoms with van der Waals surface area (Å²) in [6.45, 7) is 0.199. The van der Waals surface area contributed by atoms with Crippen molar-refractivity contribution in [2.45, 2.75) is 102 Å². The lowest BCUT2D eigenvalue weighted by atomic mass is 9.81. The molecule has 81 heavy (non-hydrogen) atoms. The van der Waals surface area contributed by atoms with E-state index >= 15 is 4.39 Å². The molecule has 5 unspecified atom stereocenters. The largest absolute Gasteiger partial charge is 0.480 e. The van der Waals surface area contributed by atoms with Crippen LogP contribution in [0.2, 0.25) is 0 Å². The Morgan fingerprint density at radius 3 is 2.25 bits per heavy atom. The van der Waals surface area contributed by atoms with E-state index < -0.39 is 129 Å². The van der Waals surface area contributed by atoms with E-state index in [1.807, 2.05) is 13.0 Å². The van der Waals surface area contributed by atoms with Gasteiger partial charge in [0, 0.05) is 49.2 Å². The number of carboxylic acids is 1. The second-order valence-corrected chi connectivity index (χ2v) is 20.7. The number of hydrogen-bond donors (Lipinski definition) is 7. The molecule has 24 nitrogen and oxygen atoms in total. The number of likely N-dealkylation sites (N-methyl/N-ethyl adjacent to an activating group) is 1. The Morgan fingerprint density at radius 2 is 1.56 bits per heavy atom. The Bertz CT molecular complexity index is 3340. The van der Waals surface area contributed by atoms with Crippen molar-refractivity contribution in [1.82, 2.24) is 51.3 Å². The normalized spacial score (nSPS) is 17.7. The van der Waals surface area contributed by atoms with Crippen LogP contribution in [0.15, 0.2) is 59.4 Å². The SMILES string of the molecule is CCC1C(=O)OCc2c1cc1n(c2=O)Cc2c-1nc1cc(F)c(C)c3c1c2C(N(C)C(=O)C(CC1CC1)OCNC(=O)CNC(=O)C(Cc1ccccc1)NC(=O)CNC(=O)CNC(=O)C(CNCC(=O)O)N1C(=O)C=CC1=O)CC3. The molecule has 0 spiro atoms. The van der Waals surface area contributed by atoms with Gasteiger partial charge >= 0.3 is 11.9 Å². The van der Waals surface area contributed by atoms with Crippen LogP contribution in [0.3, 0.4) is 0 Å². The Labute approximate surface area is 462 Å². The summed E-state index contributed by atoms with van der Waals surface area (Å²) in [7, 11) is 1.68. The van der Waals surface area contributed by atoms with Crippen molar-refractivity contribution in [3.63, 3.8) is 0 Å². The molecule has 7 N–H and O–H groups in total. The Kier molecular flexibility index (Phi) is 17.1. The van der Waals surface area contributed by atoms with Gasteiger partial charge in [-0.05, 0) is 72.4 Å². The number of amides is 8. The lowest BCUT2D eigenvalue weighted by molar-refractivity contribution is -0.148. The first-order valence-electron chi connectivity index (χ1n) is 26.7. The molecule has 3 aliphatic heterocycles. The van der Waals surface area contributed by atoms with E-state index in [2.05, 4.69) is 31.9 Å². The predicted molar refractivity (Wildman–Crippen MR) is 284 cm³/mol. The molecule has 4 aromatic rings. The van der Waals surface area contributed by atoms with E-state index in [0.29, 0.717) is 69.7 Å². The number of nitrogens with zero attached hydrogens (tertiary/aromatic N) is 4. The van der Waals surface area contributed by atoms with E-state index in [1.165, 1.54) is 6.07 Å². The van der Waals surface area contributed by atoms with Gasteiger partial charge in [0.15, 0.2) is 0 Å². The lowest BCUT2D eigenvalue weighted by Gasteiger charge is -2.36. The summed E-state index contributed by atoms with van der Waals surface area (Å²) < 4.78 is 28.8. The average molecular weight is 1120 g/mol. The third kappa shape index (κ3) is 12.4. The van der Waals surface area contributed by atoms with Crippen molar-refractivity contribution >= 4 is 70.1 Å². The van der Waals surface area contributed by atoms with Crippen LogP contribution >= 0.6 is 0 Å². The van der Waals surface area contributed by atoms with Gasteiger partial charge in [0.05, 0.1) is 67.2 Å². The number of rotatable bonds is 24. The standard InChI is InChI=1S/C56H61FN10O14/c1-4-31-33-18-40-51-34(25-66(40)54(77)35(33)26-80-56(31)79)50-39(13-12-32-28(2)36(57)19-37(64-51)49(32)50)65(3)55(78)42(17-30-10-11-30)81-27-62-44(69)22-60-52(75)38(16-29-8-6-5-7-9-29)63-45(70)23-59-43(68)21-61-53(76)41(20-58-24-48(73)74)67-46(71)14-15-47(67)72/h5-9,14-15,18-19,30-31,38-39,41-42,58H,4,10-13,16-17,20-27H2,1-3H3,(H,59,68)(H,60,75)(H,61,76)(H,62,69)(H,63,70)(H,73,74). The summed E-state index contributed by atoms with van der Waals surface area (Å²) in [5, 5.41) is 24.4. The highest BCUT2D eigenvalue weighted by Gasteiger charge is 2.42. The average Bonchev–Trinajstić information content (AvgIpc) is 4.27. The first kappa shape index (κ1) is 57.0. The molecule has 2 aliphatic carbocycles. The Balaban J connectivity index is 0.817. The number of esters is 1. The lowest BCUT2D eigenvalue weighted by Crippen LogP contribution is -2.56. The smallest absolute Gasteiger partial charge is 0.317 e. The Morgan fingerprint density at radius 1 is 0.864 bits per heavy atom. The molecule has 426 valence electrons. The van der Waals surface area contributed by atoms with Gasteiger partial charge in [-0.3, -0.25) is 57.6 Å². The maximum atomic E-state index is 15.6. The number of imide groups is 1. The van der Waals surface area contributed by atoms with Crippen LogP contribution in [0.4, 0.5) is 4.39 Å². The molecule has 0 radical (unpaired) electrons. The van der Waals surface area contributed by atoms with Crippen molar-refractivity contribution in [1.29, 1.82) is 0 Å². The molecule has 2 aromatic heterocycles. The first-order chi connectivity index (χ1) is 38.8. The first-order valence-corrected chi connectivity index (χ1v) is 26.7. The van der Waals surface area contributed by atoms with Crippen LogP contribution in [-0.2, 0) is 83.4 Å². The van der Waals surface area contributed by atoms with E-state index in [0.717, 1.165) is 47.1 Å². The van der Waals surface area contributed by atoms with Gasteiger partial charge in [-0.2, -0.15) is 0 Å². The predicted octanol–water partition coefficient (Wildman–Crippen LogP) is 0.172. The van der Waals surface area contributed by atoms with E-state index in [1.54, 1.807) is 53.8 Å². The van der Waals surface area contributed by atoms with Crippen LogP contribution in [-0.4, -0.2) is 148 Å². The van der Waals surface area contributed by atoms with Gasteiger partial charge < -0.3 is 55.9 Å². The van der Waals surface area contributed by atoms with Crippen molar-refractivity contribution in [2.75, 3.05) is 46.5 Å². The maximum absolute atomic E-state index is 15.6. The zero-order valence-electron chi connectivity index (χ0n) is 44.7. The number of pyridine rings is 2. The molecule has 25 heteroatoms. The summed E-state index contributed by atoms with van der Waals surface area (Å²) in [6, 6.07) is 8.55. The summed E-state index contributed by atoms with van der Waals surface area (Å²) >= 11 is 0.